The molecular weight excluding hydrogens is 450 g/mol. The lowest BCUT2D eigenvalue weighted by Gasteiger charge is -2.42. The number of aryl methyl sites for hydroxylation is 2. The highest BCUT2D eigenvalue weighted by atomic mass is 15.1. The summed E-state index contributed by atoms with van der Waals surface area (Å²) in [6, 6.07) is 17.2. The van der Waals surface area contributed by atoms with Crippen LogP contribution in [0.25, 0.3) is 27.4 Å². The van der Waals surface area contributed by atoms with Crippen LogP contribution < -0.4 is 0 Å². The summed E-state index contributed by atoms with van der Waals surface area (Å²) in [7, 11) is 4.53. The van der Waals surface area contributed by atoms with Crippen LogP contribution in [0.5, 0.6) is 0 Å². The van der Waals surface area contributed by atoms with Gasteiger partial charge in [0, 0.05) is 39.2 Å². The Labute approximate surface area is 224 Å². The first-order valence-corrected chi connectivity index (χ1v) is 14.5. The first kappa shape index (κ1) is 27.3. The fraction of sp³-hybridized carbons (Fsp3) is 0.471. The number of allylic oxidation sites excluding steroid dienone is 1. The topological polar surface area (TPSA) is 34.8 Å². The van der Waals surface area contributed by atoms with E-state index in [1.54, 1.807) is 0 Å². The summed E-state index contributed by atoms with van der Waals surface area (Å²) in [5, 5.41) is 2.79. The summed E-state index contributed by atoms with van der Waals surface area (Å²) < 4.78 is 0. The molecular formula is C34H47N3. The second-order valence-electron chi connectivity index (χ2n) is 11.0. The van der Waals surface area contributed by atoms with Crippen molar-refractivity contribution >= 4 is 27.4 Å². The normalized spacial score (nSPS) is 17.7. The zero-order valence-electron chi connectivity index (χ0n) is 23.8. The predicted octanol–water partition coefficient (Wildman–Crippen LogP) is 9.30. The summed E-state index contributed by atoms with van der Waals surface area (Å²) >= 11 is 0. The molecule has 0 spiro atoms. The SMILES string of the molecule is CCCCC1(N(C)C)CC=C(c2[nH]c3ccccc3c2CCC)CC1.CCCc1c[nH]c2ccccc12. The van der Waals surface area contributed by atoms with E-state index in [9.17, 15) is 0 Å². The Hall–Kier alpha value is -2.78. The lowest BCUT2D eigenvalue weighted by atomic mass is 9.77. The number of hydrogen-bond acceptors (Lipinski definition) is 1. The van der Waals surface area contributed by atoms with Crippen molar-refractivity contribution < 1.29 is 0 Å². The van der Waals surface area contributed by atoms with Crippen LogP contribution >= 0.6 is 0 Å². The molecule has 2 N–H and O–H groups in total. The molecule has 37 heavy (non-hydrogen) atoms. The van der Waals surface area contributed by atoms with E-state index in [4.69, 9.17) is 0 Å². The van der Waals surface area contributed by atoms with E-state index in [-0.39, 0.29) is 0 Å². The quantitative estimate of drug-likeness (QED) is 0.237. The Bertz CT molecular complexity index is 1310. The molecule has 198 valence electrons. The zero-order chi connectivity index (χ0) is 26.3. The van der Waals surface area contributed by atoms with Gasteiger partial charge in [0.1, 0.15) is 0 Å². The fourth-order valence-corrected chi connectivity index (χ4v) is 6.07. The number of hydrogen-bond donors (Lipinski definition) is 2. The van der Waals surface area contributed by atoms with E-state index in [0.29, 0.717) is 5.54 Å². The number of fused-ring (bicyclic) bond motifs is 2. The second-order valence-corrected chi connectivity index (χ2v) is 11.0. The maximum absolute atomic E-state index is 3.74. The van der Waals surface area contributed by atoms with Crippen molar-refractivity contribution in [3.63, 3.8) is 0 Å². The van der Waals surface area contributed by atoms with Crippen molar-refractivity contribution in [1.82, 2.24) is 14.9 Å². The van der Waals surface area contributed by atoms with Crippen molar-refractivity contribution in [3.05, 3.63) is 77.6 Å². The average molecular weight is 498 g/mol. The number of nitrogens with one attached hydrogen (secondary N) is 2. The fourth-order valence-electron chi connectivity index (χ4n) is 6.07. The number of para-hydroxylation sites is 2. The van der Waals surface area contributed by atoms with Crippen LogP contribution in [0.1, 0.15) is 89.0 Å². The first-order chi connectivity index (χ1) is 18.0. The van der Waals surface area contributed by atoms with Gasteiger partial charge in [0.25, 0.3) is 0 Å². The largest absolute Gasteiger partial charge is 0.361 e. The van der Waals surface area contributed by atoms with Crippen LogP contribution in [0, 0.1) is 0 Å². The Morgan fingerprint density at radius 3 is 2.19 bits per heavy atom. The molecule has 0 bridgehead atoms. The number of H-pyrrole nitrogens is 2. The maximum Gasteiger partial charge on any atom is 0.0461 e. The van der Waals surface area contributed by atoms with Gasteiger partial charge in [-0.2, -0.15) is 0 Å². The number of benzene rings is 2. The molecule has 5 rings (SSSR count). The van der Waals surface area contributed by atoms with Crippen molar-refractivity contribution in [1.29, 1.82) is 0 Å². The Morgan fingerprint density at radius 1 is 0.838 bits per heavy atom. The standard InChI is InChI=1S/C23H34N2.C11H13N/c1-5-7-15-23(25(3)4)16-13-18(14-17-23)22-20(10-6-2)19-11-8-9-12-21(19)24-22;1-2-5-9-8-12-11-7-4-3-6-10(9)11/h8-9,11-13,24H,5-7,10,14-17H2,1-4H3;3-4,6-8,12H,2,5H2,1H3. The van der Waals surface area contributed by atoms with Crippen LogP contribution in [0.4, 0.5) is 0 Å². The van der Waals surface area contributed by atoms with Crippen LogP contribution in [-0.2, 0) is 12.8 Å². The highest BCUT2D eigenvalue weighted by molar-refractivity contribution is 5.89. The number of aromatic nitrogens is 2. The van der Waals surface area contributed by atoms with Gasteiger partial charge in [-0.25, -0.2) is 0 Å². The summed E-state index contributed by atoms with van der Waals surface area (Å²) in [6.07, 6.45) is 16.9. The van der Waals surface area contributed by atoms with E-state index < -0.39 is 0 Å². The van der Waals surface area contributed by atoms with Gasteiger partial charge in [-0.1, -0.05) is 88.9 Å². The van der Waals surface area contributed by atoms with E-state index in [1.165, 1.54) is 102 Å². The Morgan fingerprint density at radius 2 is 1.54 bits per heavy atom. The van der Waals surface area contributed by atoms with Crippen molar-refractivity contribution in [3.8, 4) is 0 Å². The highest BCUT2D eigenvalue weighted by Crippen LogP contribution is 2.40. The van der Waals surface area contributed by atoms with Gasteiger partial charge in [0.2, 0.25) is 0 Å². The van der Waals surface area contributed by atoms with Crippen LogP contribution in [0.3, 0.4) is 0 Å². The molecule has 0 amide bonds. The van der Waals surface area contributed by atoms with Crippen molar-refractivity contribution in [2.24, 2.45) is 0 Å². The van der Waals surface area contributed by atoms with Gasteiger partial charge in [-0.3, -0.25) is 0 Å². The molecule has 1 atom stereocenters. The molecule has 2 aromatic heterocycles. The smallest absolute Gasteiger partial charge is 0.0461 e. The molecule has 0 saturated carbocycles. The minimum absolute atomic E-state index is 0.358. The van der Waals surface area contributed by atoms with Crippen molar-refractivity contribution in [2.45, 2.75) is 90.5 Å². The minimum Gasteiger partial charge on any atom is -0.361 e. The lowest BCUT2D eigenvalue weighted by molar-refractivity contribution is 0.124. The third-order valence-electron chi connectivity index (χ3n) is 8.36. The molecule has 2 aromatic carbocycles. The van der Waals surface area contributed by atoms with Crippen LogP contribution in [0.2, 0.25) is 0 Å². The third kappa shape index (κ3) is 6.04. The molecule has 0 radical (unpaired) electrons. The Balaban J connectivity index is 0.000000222. The second kappa shape index (κ2) is 12.6. The molecule has 3 nitrogen and oxygen atoms in total. The number of unbranched alkanes of at least 4 members (excludes halogenated alkanes) is 1. The molecule has 1 aliphatic rings. The molecule has 1 aliphatic carbocycles. The van der Waals surface area contributed by atoms with E-state index in [0.717, 1.165) is 6.42 Å². The summed E-state index contributed by atoms with van der Waals surface area (Å²) in [4.78, 5) is 9.49. The van der Waals surface area contributed by atoms with Crippen molar-refractivity contribution in [2.75, 3.05) is 14.1 Å². The predicted molar refractivity (Wildman–Crippen MR) is 162 cm³/mol. The highest BCUT2D eigenvalue weighted by Gasteiger charge is 2.34. The maximum atomic E-state index is 3.74. The van der Waals surface area contributed by atoms with E-state index in [1.807, 2.05) is 0 Å². The molecule has 0 aliphatic heterocycles. The first-order valence-electron chi connectivity index (χ1n) is 14.5. The number of nitrogens with zero attached hydrogens (tertiary/aromatic N) is 1. The number of rotatable bonds is 9. The van der Waals surface area contributed by atoms with Crippen LogP contribution in [0.15, 0.2) is 60.8 Å². The van der Waals surface area contributed by atoms with Gasteiger partial charge in [-0.05, 0) is 81.5 Å². The summed E-state index contributed by atoms with van der Waals surface area (Å²) in [6.45, 7) is 6.79. The van der Waals surface area contributed by atoms with Gasteiger partial charge < -0.3 is 14.9 Å². The summed E-state index contributed by atoms with van der Waals surface area (Å²) in [5.41, 5.74) is 8.80. The molecule has 4 aromatic rings. The molecule has 0 saturated heterocycles. The van der Waals surface area contributed by atoms with Gasteiger partial charge >= 0.3 is 0 Å². The zero-order valence-corrected chi connectivity index (χ0v) is 23.8. The molecule has 0 fully saturated rings. The monoisotopic (exact) mass is 497 g/mol. The van der Waals surface area contributed by atoms with Gasteiger partial charge in [0.15, 0.2) is 0 Å². The lowest BCUT2D eigenvalue weighted by Crippen LogP contribution is -2.45. The average Bonchev–Trinajstić information content (AvgIpc) is 3.50. The van der Waals surface area contributed by atoms with E-state index >= 15 is 0 Å². The van der Waals surface area contributed by atoms with Gasteiger partial charge in [-0.15, -0.1) is 0 Å². The van der Waals surface area contributed by atoms with E-state index in [2.05, 4.69) is 111 Å². The minimum atomic E-state index is 0.358. The Kier molecular flexibility index (Phi) is 9.32. The molecule has 1 unspecified atom stereocenters. The molecule has 2 heterocycles. The number of aromatic amines is 2. The molecule has 3 heteroatoms. The van der Waals surface area contributed by atoms with Gasteiger partial charge in [0.05, 0.1) is 0 Å². The third-order valence-corrected chi connectivity index (χ3v) is 8.36. The summed E-state index contributed by atoms with van der Waals surface area (Å²) in [5.74, 6) is 0. The van der Waals surface area contributed by atoms with Crippen LogP contribution in [-0.4, -0.2) is 34.5 Å².